The van der Waals surface area contributed by atoms with E-state index in [1.54, 1.807) is 24.3 Å². The number of benzene rings is 2. The zero-order valence-corrected chi connectivity index (χ0v) is 12.9. The van der Waals surface area contributed by atoms with Gasteiger partial charge in [0.1, 0.15) is 6.33 Å². The van der Waals surface area contributed by atoms with E-state index in [0.717, 1.165) is 11.0 Å². The molecule has 0 spiro atoms. The summed E-state index contributed by atoms with van der Waals surface area (Å²) >= 11 is 5.80. The van der Waals surface area contributed by atoms with E-state index in [1.165, 1.54) is 11.0 Å². The van der Waals surface area contributed by atoms with Crippen molar-refractivity contribution in [3.05, 3.63) is 65.4 Å². The molecule has 1 heterocycles. The number of amides is 2. The molecule has 2 amide bonds. The second-order valence-corrected chi connectivity index (χ2v) is 5.43. The Morgan fingerprint density at radius 1 is 1.22 bits per heavy atom. The summed E-state index contributed by atoms with van der Waals surface area (Å²) in [6.45, 7) is 0.0834. The lowest BCUT2D eigenvalue weighted by Crippen LogP contribution is -2.36. The van der Waals surface area contributed by atoms with Crippen molar-refractivity contribution in [3.63, 3.8) is 0 Å². The fourth-order valence-corrected chi connectivity index (χ4v) is 2.32. The molecule has 0 aliphatic heterocycles. The molecule has 7 heteroatoms. The lowest BCUT2D eigenvalue weighted by atomic mass is 10.1. The summed E-state index contributed by atoms with van der Waals surface area (Å²) in [6, 6.07) is 13.8. The molecule has 0 fully saturated rings. The van der Waals surface area contributed by atoms with Gasteiger partial charge in [0, 0.05) is 11.6 Å². The molecule has 0 unspecified atom stereocenters. The van der Waals surface area contributed by atoms with Gasteiger partial charge < -0.3 is 10.4 Å². The lowest BCUT2D eigenvalue weighted by molar-refractivity contribution is 0.175. The third-order valence-electron chi connectivity index (χ3n) is 3.39. The largest absolute Gasteiger partial charge is 0.387 e. The van der Waals surface area contributed by atoms with E-state index in [0.29, 0.717) is 10.6 Å². The van der Waals surface area contributed by atoms with Crippen LogP contribution in [0.5, 0.6) is 0 Å². The normalized spacial score (nSPS) is 12.1. The first kappa shape index (κ1) is 15.3. The highest BCUT2D eigenvalue weighted by atomic mass is 35.5. The number of rotatable bonds is 4. The number of hydrogen-bond donors (Lipinski definition) is 3. The van der Waals surface area contributed by atoms with Gasteiger partial charge in [0.2, 0.25) is 0 Å². The van der Waals surface area contributed by atoms with Crippen molar-refractivity contribution in [1.29, 1.82) is 0 Å². The van der Waals surface area contributed by atoms with Crippen LogP contribution in [0, 0.1) is 0 Å². The standard InChI is InChI=1S/C16H15ClN4O2/c17-12-7-5-11(6-8-12)15(22)9-18-16(23)20-21-10-19-13-3-1-2-4-14(13)21/h1-8,10,15,22H,9H2,(H2,18,20,23)/t15-/m0/s1. The highest BCUT2D eigenvalue weighted by Gasteiger charge is 2.10. The minimum Gasteiger partial charge on any atom is -0.387 e. The summed E-state index contributed by atoms with van der Waals surface area (Å²) in [5.74, 6) is 0. The van der Waals surface area contributed by atoms with Crippen LogP contribution in [0.4, 0.5) is 4.79 Å². The maximum absolute atomic E-state index is 11.9. The smallest absolute Gasteiger partial charge is 0.334 e. The van der Waals surface area contributed by atoms with Crippen LogP contribution in [-0.2, 0) is 0 Å². The Bertz CT molecular complexity index is 816. The Morgan fingerprint density at radius 2 is 1.96 bits per heavy atom. The molecular weight excluding hydrogens is 316 g/mol. The van der Waals surface area contributed by atoms with Crippen molar-refractivity contribution in [2.24, 2.45) is 0 Å². The van der Waals surface area contributed by atoms with Crippen LogP contribution in [-0.4, -0.2) is 27.3 Å². The third-order valence-corrected chi connectivity index (χ3v) is 3.64. The van der Waals surface area contributed by atoms with Crippen LogP contribution >= 0.6 is 11.6 Å². The predicted molar refractivity (Wildman–Crippen MR) is 88.9 cm³/mol. The van der Waals surface area contributed by atoms with Gasteiger partial charge in [-0.25, -0.2) is 19.9 Å². The number of nitrogens with one attached hydrogen (secondary N) is 2. The highest BCUT2D eigenvalue weighted by Crippen LogP contribution is 2.15. The van der Waals surface area contributed by atoms with Gasteiger partial charge in [0.15, 0.2) is 0 Å². The molecule has 0 saturated carbocycles. The van der Waals surface area contributed by atoms with Gasteiger partial charge in [-0.15, -0.1) is 0 Å². The number of hydrogen-bond acceptors (Lipinski definition) is 3. The van der Waals surface area contributed by atoms with E-state index in [9.17, 15) is 9.90 Å². The van der Waals surface area contributed by atoms with Gasteiger partial charge in [0.05, 0.1) is 17.1 Å². The molecule has 118 valence electrons. The van der Waals surface area contributed by atoms with Crippen LogP contribution in [0.25, 0.3) is 11.0 Å². The number of aliphatic hydroxyl groups excluding tert-OH is 1. The third kappa shape index (κ3) is 3.61. The molecule has 23 heavy (non-hydrogen) atoms. The fraction of sp³-hybridized carbons (Fsp3) is 0.125. The number of aliphatic hydroxyl groups is 1. The molecule has 6 nitrogen and oxygen atoms in total. The molecule has 0 saturated heterocycles. The number of imidazole rings is 1. The number of carbonyl (C=O) groups excluding carboxylic acids is 1. The van der Waals surface area contributed by atoms with Crippen molar-refractivity contribution < 1.29 is 9.90 Å². The van der Waals surface area contributed by atoms with E-state index in [1.807, 2.05) is 24.3 Å². The topological polar surface area (TPSA) is 79.2 Å². The maximum atomic E-state index is 11.9. The van der Waals surface area contributed by atoms with Crippen molar-refractivity contribution in [3.8, 4) is 0 Å². The zero-order valence-electron chi connectivity index (χ0n) is 12.1. The van der Waals surface area contributed by atoms with Crippen LogP contribution in [0.3, 0.4) is 0 Å². The average molecular weight is 331 g/mol. The Hall–Kier alpha value is -2.57. The number of carbonyl (C=O) groups is 1. The number of halogens is 1. The molecule has 0 aliphatic carbocycles. The molecule has 1 atom stereocenters. The second kappa shape index (κ2) is 6.68. The first-order valence-corrected chi connectivity index (χ1v) is 7.42. The monoisotopic (exact) mass is 330 g/mol. The summed E-state index contributed by atoms with van der Waals surface area (Å²) in [7, 11) is 0. The van der Waals surface area contributed by atoms with Crippen LogP contribution in [0.1, 0.15) is 11.7 Å². The van der Waals surface area contributed by atoms with Gasteiger partial charge in [0.25, 0.3) is 0 Å². The number of para-hydroxylation sites is 2. The molecule has 0 radical (unpaired) electrons. The number of urea groups is 1. The molecule has 1 aromatic heterocycles. The van der Waals surface area contributed by atoms with Gasteiger partial charge >= 0.3 is 6.03 Å². The molecule has 0 aliphatic rings. The number of fused-ring (bicyclic) bond motifs is 1. The van der Waals surface area contributed by atoms with Gasteiger partial charge in [-0.1, -0.05) is 35.9 Å². The zero-order chi connectivity index (χ0) is 16.2. The molecule has 3 aromatic rings. The first-order chi connectivity index (χ1) is 11.1. The van der Waals surface area contributed by atoms with Gasteiger partial charge in [-0.3, -0.25) is 0 Å². The first-order valence-electron chi connectivity index (χ1n) is 7.04. The van der Waals surface area contributed by atoms with Crippen LogP contribution in [0.2, 0.25) is 5.02 Å². The highest BCUT2D eigenvalue weighted by molar-refractivity contribution is 6.30. The van der Waals surface area contributed by atoms with E-state index in [2.05, 4.69) is 15.7 Å². The molecule has 3 N–H and O–H groups in total. The minimum atomic E-state index is -0.808. The average Bonchev–Trinajstić information content (AvgIpc) is 2.96. The SMILES string of the molecule is O=C(NC[C@H](O)c1ccc(Cl)cc1)Nn1cnc2ccccc21. The maximum Gasteiger partial charge on any atom is 0.334 e. The Labute approximate surface area is 137 Å². The molecule has 2 aromatic carbocycles. The van der Waals surface area contributed by atoms with E-state index in [-0.39, 0.29) is 6.54 Å². The van der Waals surface area contributed by atoms with Crippen molar-refractivity contribution in [2.75, 3.05) is 12.0 Å². The summed E-state index contributed by atoms with van der Waals surface area (Å²) in [5, 5.41) is 13.3. The predicted octanol–water partition coefficient (Wildman–Crippen LogP) is 2.68. The van der Waals surface area contributed by atoms with Crippen molar-refractivity contribution in [1.82, 2.24) is 15.0 Å². The Balaban J connectivity index is 1.58. The lowest BCUT2D eigenvalue weighted by Gasteiger charge is -2.13. The molecule has 3 rings (SSSR count). The Kier molecular flexibility index (Phi) is 4.45. The summed E-state index contributed by atoms with van der Waals surface area (Å²) in [6.07, 6.45) is 0.720. The van der Waals surface area contributed by atoms with Crippen LogP contribution < -0.4 is 10.7 Å². The fourth-order valence-electron chi connectivity index (χ4n) is 2.19. The summed E-state index contributed by atoms with van der Waals surface area (Å²) < 4.78 is 1.53. The van der Waals surface area contributed by atoms with Crippen molar-refractivity contribution >= 4 is 28.7 Å². The van der Waals surface area contributed by atoms with E-state index >= 15 is 0 Å². The quantitative estimate of drug-likeness (QED) is 0.688. The van der Waals surface area contributed by atoms with Crippen molar-refractivity contribution in [2.45, 2.75) is 6.10 Å². The van der Waals surface area contributed by atoms with Crippen LogP contribution in [0.15, 0.2) is 54.9 Å². The van der Waals surface area contributed by atoms with Gasteiger partial charge in [-0.05, 0) is 29.8 Å². The summed E-state index contributed by atoms with van der Waals surface area (Å²) in [4.78, 5) is 16.1. The molecular formula is C16H15ClN4O2. The molecule has 0 bridgehead atoms. The number of aromatic nitrogens is 2. The summed E-state index contributed by atoms with van der Waals surface area (Å²) in [5.41, 5.74) is 4.91. The van der Waals surface area contributed by atoms with E-state index in [4.69, 9.17) is 11.6 Å². The second-order valence-electron chi connectivity index (χ2n) is 4.99. The van der Waals surface area contributed by atoms with Gasteiger partial charge in [-0.2, -0.15) is 0 Å². The Morgan fingerprint density at radius 3 is 2.74 bits per heavy atom. The van der Waals surface area contributed by atoms with E-state index < -0.39 is 12.1 Å². The minimum absolute atomic E-state index is 0.0834. The number of nitrogens with zero attached hydrogens (tertiary/aromatic N) is 2.